The van der Waals surface area contributed by atoms with E-state index in [0.29, 0.717) is 0 Å². The number of phenols is 1. The number of nitrogens with two attached hydrogens (primary N) is 1. The van der Waals surface area contributed by atoms with E-state index >= 15 is 0 Å². The molecule has 72 valence electrons. The number of benzene rings is 1. The lowest BCUT2D eigenvalue weighted by molar-refractivity contribution is 0.115. The minimum atomic E-state index is -2.72. The van der Waals surface area contributed by atoms with E-state index in [1.54, 1.807) is 0 Å². The van der Waals surface area contributed by atoms with E-state index < -0.39 is 12.5 Å². The van der Waals surface area contributed by atoms with Gasteiger partial charge in [0, 0.05) is 5.56 Å². The van der Waals surface area contributed by atoms with Gasteiger partial charge in [0.15, 0.2) is 0 Å². The van der Waals surface area contributed by atoms with Crippen molar-refractivity contribution in [1.82, 2.24) is 0 Å². The summed E-state index contributed by atoms with van der Waals surface area (Å²) < 4.78 is 24.3. The summed E-state index contributed by atoms with van der Waals surface area (Å²) in [4.78, 5) is 0. The molecule has 1 atom stereocenters. The van der Waals surface area contributed by atoms with Gasteiger partial charge >= 0.3 is 0 Å². The quantitative estimate of drug-likeness (QED) is 0.782. The Morgan fingerprint density at radius 1 is 1.38 bits per heavy atom. The first-order valence-electron chi connectivity index (χ1n) is 3.55. The highest BCUT2D eigenvalue weighted by atomic mass is 35.5. The molecule has 0 unspecified atom stereocenters. The lowest BCUT2D eigenvalue weighted by Gasteiger charge is -2.12. The molecule has 0 fully saturated rings. The number of hydrogen-bond donors (Lipinski definition) is 2. The van der Waals surface area contributed by atoms with Gasteiger partial charge in [-0.15, -0.1) is 0 Å². The molecule has 0 radical (unpaired) electrons. The fraction of sp³-hybridized carbons (Fsp3) is 0.250. The van der Waals surface area contributed by atoms with Crippen molar-refractivity contribution in [2.24, 2.45) is 5.73 Å². The van der Waals surface area contributed by atoms with E-state index in [-0.39, 0.29) is 16.3 Å². The Morgan fingerprint density at radius 3 is 2.54 bits per heavy atom. The average molecular weight is 208 g/mol. The molecule has 0 spiro atoms. The van der Waals surface area contributed by atoms with Crippen molar-refractivity contribution in [1.29, 1.82) is 0 Å². The summed E-state index contributed by atoms with van der Waals surface area (Å²) in [5, 5.41) is 9.29. The van der Waals surface area contributed by atoms with E-state index in [0.717, 1.165) is 0 Å². The molecule has 2 nitrogen and oxygen atoms in total. The second kappa shape index (κ2) is 3.89. The van der Waals surface area contributed by atoms with Gasteiger partial charge in [-0.2, -0.15) is 0 Å². The fourth-order valence-electron chi connectivity index (χ4n) is 0.937. The summed E-state index contributed by atoms with van der Waals surface area (Å²) in [6.45, 7) is 0. The van der Waals surface area contributed by atoms with Gasteiger partial charge in [-0.25, -0.2) is 8.78 Å². The van der Waals surface area contributed by atoms with Crippen molar-refractivity contribution < 1.29 is 13.9 Å². The summed E-state index contributed by atoms with van der Waals surface area (Å²) in [7, 11) is 0. The Kier molecular flexibility index (Phi) is 3.06. The van der Waals surface area contributed by atoms with Crippen LogP contribution in [0.4, 0.5) is 8.78 Å². The van der Waals surface area contributed by atoms with Crippen LogP contribution in [0.5, 0.6) is 5.75 Å². The summed E-state index contributed by atoms with van der Waals surface area (Å²) >= 11 is 5.51. The number of hydrogen-bond acceptors (Lipinski definition) is 2. The molecule has 1 aromatic carbocycles. The van der Waals surface area contributed by atoms with Crippen molar-refractivity contribution in [2.75, 3.05) is 0 Å². The standard InChI is InChI=1S/C8H8ClF2NO/c9-5-3-1-2-4(7(5)13)6(12)8(10)11/h1-3,6,8,13H,12H2/t6-/m1/s1. The molecule has 0 aliphatic heterocycles. The molecule has 0 bridgehead atoms. The Balaban J connectivity index is 3.07. The van der Waals surface area contributed by atoms with Gasteiger partial charge in [0.2, 0.25) is 0 Å². The van der Waals surface area contributed by atoms with Gasteiger partial charge in [0.25, 0.3) is 6.43 Å². The molecular weight excluding hydrogens is 200 g/mol. The number of halogens is 3. The van der Waals surface area contributed by atoms with E-state index in [1.165, 1.54) is 18.2 Å². The first kappa shape index (κ1) is 10.2. The highest BCUT2D eigenvalue weighted by Crippen LogP contribution is 2.32. The molecule has 0 amide bonds. The average Bonchev–Trinajstić information content (AvgIpc) is 2.08. The SMILES string of the molecule is N[C@H](c1cccc(Cl)c1O)C(F)F. The number of rotatable bonds is 2. The molecule has 3 N–H and O–H groups in total. The van der Waals surface area contributed by atoms with Gasteiger partial charge in [-0.3, -0.25) is 0 Å². The minimum absolute atomic E-state index is 0.0219. The smallest absolute Gasteiger partial charge is 0.257 e. The molecule has 0 aliphatic carbocycles. The van der Waals surface area contributed by atoms with Crippen LogP contribution in [0.25, 0.3) is 0 Å². The van der Waals surface area contributed by atoms with Crippen LogP contribution < -0.4 is 5.73 Å². The van der Waals surface area contributed by atoms with Gasteiger partial charge in [0.05, 0.1) is 11.1 Å². The number of aromatic hydroxyl groups is 1. The van der Waals surface area contributed by atoms with Gasteiger partial charge in [-0.05, 0) is 6.07 Å². The van der Waals surface area contributed by atoms with Gasteiger partial charge in [0.1, 0.15) is 5.75 Å². The highest BCUT2D eigenvalue weighted by Gasteiger charge is 2.21. The lowest BCUT2D eigenvalue weighted by atomic mass is 10.1. The normalized spacial score (nSPS) is 13.3. The molecular formula is C8H8ClF2NO. The third-order valence-corrected chi connectivity index (χ3v) is 1.95. The number of para-hydroxylation sites is 1. The van der Waals surface area contributed by atoms with Gasteiger partial charge < -0.3 is 10.8 Å². The van der Waals surface area contributed by atoms with Crippen LogP contribution in [0.1, 0.15) is 11.6 Å². The molecule has 0 saturated heterocycles. The molecule has 1 aromatic rings. The zero-order valence-electron chi connectivity index (χ0n) is 6.55. The molecule has 0 heterocycles. The maximum absolute atomic E-state index is 12.1. The molecule has 5 heteroatoms. The van der Waals surface area contributed by atoms with Crippen LogP contribution >= 0.6 is 11.6 Å². The van der Waals surface area contributed by atoms with Crippen molar-refractivity contribution >= 4 is 11.6 Å². The summed E-state index contributed by atoms with van der Waals surface area (Å²) in [5.74, 6) is -0.378. The molecule has 13 heavy (non-hydrogen) atoms. The van der Waals surface area contributed by atoms with Crippen LogP contribution in [-0.4, -0.2) is 11.5 Å². The second-order valence-electron chi connectivity index (χ2n) is 2.54. The maximum atomic E-state index is 12.1. The predicted molar refractivity (Wildman–Crippen MR) is 46.0 cm³/mol. The maximum Gasteiger partial charge on any atom is 0.257 e. The van der Waals surface area contributed by atoms with Crippen LogP contribution in [0.2, 0.25) is 5.02 Å². The first-order valence-corrected chi connectivity index (χ1v) is 3.93. The second-order valence-corrected chi connectivity index (χ2v) is 2.95. The Hall–Kier alpha value is -0.870. The van der Waals surface area contributed by atoms with Gasteiger partial charge in [-0.1, -0.05) is 23.7 Å². The number of alkyl halides is 2. The molecule has 0 aromatic heterocycles. The van der Waals surface area contributed by atoms with E-state index in [1.807, 2.05) is 0 Å². The van der Waals surface area contributed by atoms with Crippen LogP contribution in [0.15, 0.2) is 18.2 Å². The number of phenolic OH excluding ortho intramolecular Hbond substituents is 1. The van der Waals surface area contributed by atoms with Crippen molar-refractivity contribution in [2.45, 2.75) is 12.5 Å². The highest BCUT2D eigenvalue weighted by molar-refractivity contribution is 6.32. The van der Waals surface area contributed by atoms with E-state index in [4.69, 9.17) is 17.3 Å². The Labute approximate surface area is 78.9 Å². The minimum Gasteiger partial charge on any atom is -0.506 e. The Bertz CT molecular complexity index is 306. The van der Waals surface area contributed by atoms with Crippen LogP contribution in [-0.2, 0) is 0 Å². The first-order chi connectivity index (χ1) is 6.04. The van der Waals surface area contributed by atoms with E-state index in [9.17, 15) is 13.9 Å². The van der Waals surface area contributed by atoms with Crippen molar-refractivity contribution in [3.05, 3.63) is 28.8 Å². The summed E-state index contributed by atoms with van der Waals surface area (Å²) in [6.07, 6.45) is -2.72. The zero-order valence-corrected chi connectivity index (χ0v) is 7.30. The largest absolute Gasteiger partial charge is 0.506 e. The monoisotopic (exact) mass is 207 g/mol. The Morgan fingerprint density at radius 2 is 2.00 bits per heavy atom. The lowest BCUT2D eigenvalue weighted by Crippen LogP contribution is -2.18. The molecule has 0 saturated carbocycles. The zero-order chi connectivity index (χ0) is 10.0. The van der Waals surface area contributed by atoms with Crippen LogP contribution in [0.3, 0.4) is 0 Å². The van der Waals surface area contributed by atoms with Crippen molar-refractivity contribution in [3.63, 3.8) is 0 Å². The fourth-order valence-corrected chi connectivity index (χ4v) is 1.12. The predicted octanol–water partition coefficient (Wildman–Crippen LogP) is 2.31. The van der Waals surface area contributed by atoms with E-state index in [2.05, 4.69) is 0 Å². The summed E-state index contributed by atoms with van der Waals surface area (Å²) in [6, 6.07) is 2.68. The summed E-state index contributed by atoms with van der Waals surface area (Å²) in [5.41, 5.74) is 5.10. The molecule has 1 rings (SSSR count). The topological polar surface area (TPSA) is 46.2 Å². The van der Waals surface area contributed by atoms with Crippen molar-refractivity contribution in [3.8, 4) is 5.75 Å². The van der Waals surface area contributed by atoms with Crippen LogP contribution in [0, 0.1) is 0 Å². The third-order valence-electron chi connectivity index (χ3n) is 1.65. The third kappa shape index (κ3) is 2.08. The molecule has 0 aliphatic rings.